The molecule has 3 unspecified atom stereocenters. The lowest BCUT2D eigenvalue weighted by Gasteiger charge is -2.27. The van der Waals surface area contributed by atoms with E-state index in [1.165, 1.54) is 5.56 Å². The molecule has 0 amide bonds. The smallest absolute Gasteiger partial charge is 0.0590 e. The van der Waals surface area contributed by atoms with Crippen molar-refractivity contribution in [1.82, 2.24) is 5.32 Å². The molecule has 2 nitrogen and oxygen atoms in total. The number of hydrogen-bond acceptors (Lipinski definition) is 2. The van der Waals surface area contributed by atoms with E-state index >= 15 is 0 Å². The van der Waals surface area contributed by atoms with Gasteiger partial charge in [-0.05, 0) is 50.4 Å². The third kappa shape index (κ3) is 4.20. The summed E-state index contributed by atoms with van der Waals surface area (Å²) in [6, 6.07) is 6.59. The molecule has 1 aromatic carbocycles. The standard InChI is InChI=1S/C16H23BrClNO/c1-3-7-19-16(14-6-8-20-11(14)2)9-12-4-5-13(17)10-15(12)18/h4-5,10-11,14,16,19H,3,6-9H2,1-2H3. The SMILES string of the molecule is CCCNC(Cc1ccc(Br)cc1Cl)C1CCOC1C. The molecule has 1 saturated heterocycles. The van der Waals surface area contributed by atoms with Gasteiger partial charge < -0.3 is 10.1 Å². The van der Waals surface area contributed by atoms with Crippen LogP contribution < -0.4 is 5.32 Å². The lowest BCUT2D eigenvalue weighted by atomic mass is 9.88. The molecular weight excluding hydrogens is 338 g/mol. The van der Waals surface area contributed by atoms with Crippen LogP contribution in [0.2, 0.25) is 5.02 Å². The molecule has 0 radical (unpaired) electrons. The first-order valence-corrected chi connectivity index (χ1v) is 8.57. The number of benzene rings is 1. The third-order valence-electron chi connectivity index (χ3n) is 4.06. The van der Waals surface area contributed by atoms with Gasteiger partial charge in [0.25, 0.3) is 0 Å². The molecule has 3 atom stereocenters. The van der Waals surface area contributed by atoms with E-state index in [2.05, 4.69) is 47.2 Å². The molecule has 1 fully saturated rings. The zero-order valence-electron chi connectivity index (χ0n) is 12.2. The van der Waals surface area contributed by atoms with Crippen LogP contribution in [-0.4, -0.2) is 25.3 Å². The Kier molecular flexibility index (Phi) is 6.34. The summed E-state index contributed by atoms with van der Waals surface area (Å²) >= 11 is 9.82. The molecular formula is C16H23BrClNO. The Balaban J connectivity index is 2.10. The van der Waals surface area contributed by atoms with Crippen LogP contribution in [0.4, 0.5) is 0 Å². The summed E-state index contributed by atoms with van der Waals surface area (Å²) in [5.74, 6) is 0.571. The molecule has 0 saturated carbocycles. The molecule has 0 bridgehead atoms. The molecule has 4 heteroatoms. The van der Waals surface area contributed by atoms with Gasteiger partial charge in [-0.25, -0.2) is 0 Å². The maximum Gasteiger partial charge on any atom is 0.0590 e. The number of hydrogen-bond donors (Lipinski definition) is 1. The highest BCUT2D eigenvalue weighted by Crippen LogP contribution is 2.29. The Bertz CT molecular complexity index is 440. The van der Waals surface area contributed by atoms with Gasteiger partial charge in [0, 0.05) is 28.1 Å². The number of nitrogens with one attached hydrogen (secondary N) is 1. The van der Waals surface area contributed by atoms with Crippen molar-refractivity contribution in [2.75, 3.05) is 13.2 Å². The van der Waals surface area contributed by atoms with Crippen LogP contribution in [0.25, 0.3) is 0 Å². The minimum atomic E-state index is 0.332. The minimum Gasteiger partial charge on any atom is -0.378 e. The summed E-state index contributed by atoms with van der Waals surface area (Å²) in [6.07, 6.45) is 3.58. The average molecular weight is 361 g/mol. The second kappa shape index (κ2) is 7.79. The van der Waals surface area contributed by atoms with Crippen molar-refractivity contribution in [2.45, 2.75) is 45.3 Å². The van der Waals surface area contributed by atoms with E-state index in [0.29, 0.717) is 18.1 Å². The van der Waals surface area contributed by atoms with Crippen LogP contribution >= 0.6 is 27.5 Å². The number of halogens is 2. The van der Waals surface area contributed by atoms with Crippen molar-refractivity contribution in [3.8, 4) is 0 Å². The lowest BCUT2D eigenvalue weighted by Crippen LogP contribution is -2.41. The summed E-state index contributed by atoms with van der Waals surface area (Å²) in [5, 5.41) is 4.52. The first-order chi connectivity index (χ1) is 9.61. The molecule has 0 aliphatic carbocycles. The van der Waals surface area contributed by atoms with E-state index in [1.807, 2.05) is 6.07 Å². The molecule has 112 valence electrons. The maximum absolute atomic E-state index is 6.36. The fraction of sp³-hybridized carbons (Fsp3) is 0.625. The van der Waals surface area contributed by atoms with Gasteiger partial charge in [0.2, 0.25) is 0 Å². The lowest BCUT2D eigenvalue weighted by molar-refractivity contribution is 0.0954. The summed E-state index contributed by atoms with van der Waals surface area (Å²) in [6.45, 7) is 6.30. The van der Waals surface area contributed by atoms with Crippen molar-refractivity contribution < 1.29 is 4.74 Å². The summed E-state index contributed by atoms with van der Waals surface area (Å²) in [7, 11) is 0. The average Bonchev–Trinajstić information content (AvgIpc) is 2.83. The Morgan fingerprint density at radius 3 is 2.90 bits per heavy atom. The molecule has 1 heterocycles. The van der Waals surface area contributed by atoms with Crippen LogP contribution in [0.1, 0.15) is 32.3 Å². The van der Waals surface area contributed by atoms with E-state index in [0.717, 1.165) is 41.9 Å². The van der Waals surface area contributed by atoms with Gasteiger partial charge in [-0.15, -0.1) is 0 Å². The summed E-state index contributed by atoms with van der Waals surface area (Å²) in [4.78, 5) is 0. The largest absolute Gasteiger partial charge is 0.378 e. The quantitative estimate of drug-likeness (QED) is 0.810. The molecule has 0 aromatic heterocycles. The van der Waals surface area contributed by atoms with Gasteiger partial charge in [0.05, 0.1) is 6.10 Å². The van der Waals surface area contributed by atoms with Crippen LogP contribution in [0.3, 0.4) is 0 Å². The van der Waals surface area contributed by atoms with E-state index in [1.54, 1.807) is 0 Å². The molecule has 1 aliphatic rings. The van der Waals surface area contributed by atoms with E-state index in [4.69, 9.17) is 16.3 Å². The molecule has 0 spiro atoms. The second-order valence-electron chi connectivity index (χ2n) is 5.53. The Hall–Kier alpha value is -0.0900. The minimum absolute atomic E-state index is 0.332. The monoisotopic (exact) mass is 359 g/mol. The number of ether oxygens (including phenoxy) is 1. The fourth-order valence-corrected chi connectivity index (χ4v) is 3.66. The van der Waals surface area contributed by atoms with Crippen molar-refractivity contribution in [3.63, 3.8) is 0 Å². The first kappa shape index (κ1) is 16.3. The summed E-state index contributed by atoms with van der Waals surface area (Å²) in [5.41, 5.74) is 1.21. The van der Waals surface area contributed by atoms with E-state index < -0.39 is 0 Å². The van der Waals surface area contributed by atoms with Crippen LogP contribution in [0.15, 0.2) is 22.7 Å². The molecule has 1 aromatic rings. The molecule has 1 aliphatic heterocycles. The highest BCUT2D eigenvalue weighted by Gasteiger charge is 2.31. The number of rotatable bonds is 6. The Morgan fingerprint density at radius 2 is 2.30 bits per heavy atom. The predicted octanol–water partition coefficient (Wildman–Crippen LogP) is 4.44. The zero-order valence-corrected chi connectivity index (χ0v) is 14.5. The van der Waals surface area contributed by atoms with Crippen molar-refractivity contribution in [1.29, 1.82) is 0 Å². The zero-order chi connectivity index (χ0) is 14.5. The molecule has 2 rings (SSSR count). The van der Waals surface area contributed by atoms with Gasteiger partial charge in [0.1, 0.15) is 0 Å². The highest BCUT2D eigenvalue weighted by atomic mass is 79.9. The predicted molar refractivity (Wildman–Crippen MR) is 88.5 cm³/mol. The van der Waals surface area contributed by atoms with Crippen molar-refractivity contribution >= 4 is 27.5 Å². The van der Waals surface area contributed by atoms with Crippen molar-refractivity contribution in [2.24, 2.45) is 5.92 Å². The second-order valence-corrected chi connectivity index (χ2v) is 6.85. The van der Waals surface area contributed by atoms with Gasteiger partial charge in [-0.1, -0.05) is 40.5 Å². The van der Waals surface area contributed by atoms with E-state index in [-0.39, 0.29) is 0 Å². The third-order valence-corrected chi connectivity index (χ3v) is 4.91. The molecule has 20 heavy (non-hydrogen) atoms. The van der Waals surface area contributed by atoms with Gasteiger partial charge >= 0.3 is 0 Å². The van der Waals surface area contributed by atoms with Gasteiger partial charge in [-0.2, -0.15) is 0 Å². The van der Waals surface area contributed by atoms with Crippen LogP contribution in [-0.2, 0) is 11.2 Å². The maximum atomic E-state index is 6.36. The Morgan fingerprint density at radius 1 is 1.50 bits per heavy atom. The topological polar surface area (TPSA) is 21.3 Å². The van der Waals surface area contributed by atoms with Gasteiger partial charge in [-0.3, -0.25) is 0 Å². The van der Waals surface area contributed by atoms with E-state index in [9.17, 15) is 0 Å². The Labute approximate surface area is 135 Å². The summed E-state index contributed by atoms with van der Waals surface area (Å²) < 4.78 is 6.76. The fourth-order valence-electron chi connectivity index (χ4n) is 2.91. The highest BCUT2D eigenvalue weighted by molar-refractivity contribution is 9.10. The first-order valence-electron chi connectivity index (χ1n) is 7.40. The van der Waals surface area contributed by atoms with Crippen LogP contribution in [0, 0.1) is 5.92 Å². The molecule has 1 N–H and O–H groups in total. The van der Waals surface area contributed by atoms with Crippen LogP contribution in [0.5, 0.6) is 0 Å². The normalized spacial score (nSPS) is 24.0. The van der Waals surface area contributed by atoms with Gasteiger partial charge in [0.15, 0.2) is 0 Å². The van der Waals surface area contributed by atoms with Crippen molar-refractivity contribution in [3.05, 3.63) is 33.3 Å².